The van der Waals surface area contributed by atoms with Crippen LogP contribution in [0.25, 0.3) is 0 Å². The molecule has 3 aromatic rings. The van der Waals surface area contributed by atoms with Crippen LogP contribution in [0, 0.1) is 10.1 Å². The molecule has 0 bridgehead atoms. The van der Waals surface area contributed by atoms with Gasteiger partial charge in [0.15, 0.2) is 6.23 Å². The van der Waals surface area contributed by atoms with Crippen LogP contribution in [0.5, 0.6) is 11.5 Å². The lowest BCUT2D eigenvalue weighted by atomic mass is 9.89. The van der Waals surface area contributed by atoms with Gasteiger partial charge in [0.25, 0.3) is 0 Å². The van der Waals surface area contributed by atoms with Crippen molar-refractivity contribution in [2.24, 2.45) is 0 Å². The molecule has 1 saturated heterocycles. The number of nitro groups is 1. The molecular weight excluding hydrogens is 529 g/mol. The number of ether oxygens (including phenoxy) is 2. The Bertz CT molecular complexity index is 1230. The summed E-state index contributed by atoms with van der Waals surface area (Å²) in [7, 11) is 0. The molecule has 38 heavy (non-hydrogen) atoms. The Labute approximate surface area is 221 Å². The van der Waals surface area contributed by atoms with Crippen LogP contribution in [0.15, 0.2) is 54.7 Å². The zero-order valence-electron chi connectivity index (χ0n) is 20.3. The van der Waals surface area contributed by atoms with Crippen molar-refractivity contribution >= 4 is 23.1 Å². The molecule has 1 fully saturated rings. The predicted octanol–water partition coefficient (Wildman–Crippen LogP) is 6.08. The number of halogens is 4. The zero-order valence-corrected chi connectivity index (χ0v) is 21.1. The van der Waals surface area contributed by atoms with Gasteiger partial charge in [-0.15, -0.1) is 13.2 Å². The molecular formula is C25H26ClF3N4O5. The van der Waals surface area contributed by atoms with Crippen molar-refractivity contribution in [3.05, 3.63) is 75.7 Å². The molecule has 0 saturated carbocycles. The molecule has 1 N–H and O–H groups in total. The van der Waals surface area contributed by atoms with Gasteiger partial charge in [-0.1, -0.05) is 12.1 Å². The number of aliphatic hydroxyl groups is 1. The Hall–Kier alpha value is -3.51. The van der Waals surface area contributed by atoms with Gasteiger partial charge >= 0.3 is 17.5 Å². The van der Waals surface area contributed by atoms with E-state index >= 15 is 0 Å². The molecule has 2 aromatic carbocycles. The fraction of sp³-hybridized carbons (Fsp3) is 0.400. The van der Waals surface area contributed by atoms with Crippen LogP contribution in [0.3, 0.4) is 0 Å². The van der Waals surface area contributed by atoms with Crippen molar-refractivity contribution in [1.82, 2.24) is 9.55 Å². The van der Waals surface area contributed by atoms with E-state index in [0.717, 1.165) is 37.2 Å². The average Bonchev–Trinajstić information content (AvgIpc) is 3.25. The van der Waals surface area contributed by atoms with Crippen LogP contribution in [-0.2, 0) is 0 Å². The number of imidazole rings is 1. The van der Waals surface area contributed by atoms with Gasteiger partial charge in [-0.3, -0.25) is 4.57 Å². The molecule has 1 aliphatic heterocycles. The van der Waals surface area contributed by atoms with Crippen molar-refractivity contribution in [2.75, 3.05) is 18.0 Å². The van der Waals surface area contributed by atoms with Gasteiger partial charge in [0, 0.05) is 25.2 Å². The molecule has 4 rings (SSSR count). The molecule has 2 unspecified atom stereocenters. The highest BCUT2D eigenvalue weighted by Crippen LogP contribution is 2.34. The second-order valence-electron chi connectivity index (χ2n) is 9.06. The summed E-state index contributed by atoms with van der Waals surface area (Å²) in [4.78, 5) is 16.3. The molecule has 204 valence electrons. The largest absolute Gasteiger partial charge is 0.573 e. The van der Waals surface area contributed by atoms with Gasteiger partial charge in [0.2, 0.25) is 0 Å². The third-order valence-electron chi connectivity index (χ3n) is 6.27. The van der Waals surface area contributed by atoms with E-state index in [1.54, 1.807) is 31.2 Å². The Morgan fingerprint density at radius 2 is 1.74 bits per heavy atom. The maximum Gasteiger partial charge on any atom is 0.573 e. The number of aromatic nitrogens is 2. The minimum atomic E-state index is -4.71. The summed E-state index contributed by atoms with van der Waals surface area (Å²) in [6.07, 6.45) is -3.29. The summed E-state index contributed by atoms with van der Waals surface area (Å²) in [5, 5.41) is 20.8. The fourth-order valence-corrected chi connectivity index (χ4v) is 4.71. The zero-order chi connectivity index (χ0) is 27.4. The SMILES string of the molecule is CC(O)CC(Oc1ccc(N2CCC(c3ccc(OC(F)(F)F)cc3)CC2)cc1)n1cc([N+](=O)[O-])nc1Cl. The highest BCUT2D eigenvalue weighted by Gasteiger charge is 2.31. The van der Waals surface area contributed by atoms with Crippen LogP contribution in [-0.4, -0.2) is 45.1 Å². The second-order valence-corrected chi connectivity index (χ2v) is 9.40. The van der Waals surface area contributed by atoms with Gasteiger partial charge in [-0.05, 0) is 89.2 Å². The Morgan fingerprint density at radius 3 is 2.26 bits per heavy atom. The first-order chi connectivity index (χ1) is 18.0. The van der Waals surface area contributed by atoms with Gasteiger partial charge in [0.05, 0.1) is 6.10 Å². The Balaban J connectivity index is 1.37. The number of rotatable bonds is 9. The predicted molar refractivity (Wildman–Crippen MR) is 134 cm³/mol. The lowest BCUT2D eigenvalue weighted by Crippen LogP contribution is -2.32. The van der Waals surface area contributed by atoms with Crippen LogP contribution in [0.2, 0.25) is 5.28 Å². The third kappa shape index (κ3) is 7.07. The molecule has 2 atom stereocenters. The smallest absolute Gasteiger partial charge is 0.470 e. The molecule has 0 amide bonds. The number of alkyl halides is 3. The van der Waals surface area contributed by atoms with Gasteiger partial charge < -0.3 is 29.6 Å². The average molecular weight is 555 g/mol. The first-order valence-corrected chi connectivity index (χ1v) is 12.3. The van der Waals surface area contributed by atoms with E-state index in [4.69, 9.17) is 16.3 Å². The number of anilines is 1. The standard InChI is InChI=1S/C25H26ClF3N4O5/c1-16(34)14-23(32-15-22(33(35)36)30-24(32)26)37-20-8-4-19(5-9-20)31-12-10-18(11-13-31)17-2-6-21(7-3-17)38-25(27,28)29/h2-9,15-16,18,23,34H,10-14H2,1H3. The third-order valence-corrected chi connectivity index (χ3v) is 6.55. The fourth-order valence-electron chi connectivity index (χ4n) is 4.46. The van der Waals surface area contributed by atoms with Gasteiger partial charge in [0.1, 0.15) is 17.7 Å². The van der Waals surface area contributed by atoms with Crippen molar-refractivity contribution < 1.29 is 32.7 Å². The van der Waals surface area contributed by atoms with Gasteiger partial charge in [-0.2, -0.15) is 0 Å². The first kappa shape index (κ1) is 27.5. The first-order valence-electron chi connectivity index (χ1n) is 11.9. The second kappa shape index (κ2) is 11.5. The van der Waals surface area contributed by atoms with Crippen molar-refractivity contribution in [3.63, 3.8) is 0 Å². The highest BCUT2D eigenvalue weighted by molar-refractivity contribution is 6.28. The van der Waals surface area contributed by atoms with Crippen LogP contribution < -0.4 is 14.4 Å². The van der Waals surface area contributed by atoms with Crippen molar-refractivity contribution in [3.8, 4) is 11.5 Å². The topological polar surface area (TPSA) is 103 Å². The van der Waals surface area contributed by atoms with Gasteiger partial charge in [-0.25, -0.2) is 0 Å². The molecule has 0 spiro atoms. The Kier molecular flexibility index (Phi) is 8.32. The lowest BCUT2D eigenvalue weighted by molar-refractivity contribution is -0.389. The van der Waals surface area contributed by atoms with E-state index < -0.39 is 29.4 Å². The van der Waals surface area contributed by atoms with E-state index in [2.05, 4.69) is 14.6 Å². The summed E-state index contributed by atoms with van der Waals surface area (Å²) >= 11 is 6.08. The van der Waals surface area contributed by atoms with Crippen molar-refractivity contribution in [1.29, 1.82) is 0 Å². The number of nitrogens with zero attached hydrogens (tertiary/aromatic N) is 4. The van der Waals surface area contributed by atoms with Crippen LogP contribution in [0.4, 0.5) is 24.7 Å². The quantitative estimate of drug-likeness (QED) is 0.253. The summed E-state index contributed by atoms with van der Waals surface area (Å²) in [6.45, 7) is 3.11. The normalized spacial score (nSPS) is 16.2. The molecule has 1 aliphatic rings. The molecule has 2 heterocycles. The van der Waals surface area contributed by atoms with Crippen molar-refractivity contribution in [2.45, 2.75) is 50.8 Å². The van der Waals surface area contributed by atoms with Crippen LogP contribution >= 0.6 is 11.6 Å². The minimum absolute atomic E-state index is 0.121. The van der Waals surface area contributed by atoms with E-state index in [1.807, 2.05) is 12.1 Å². The molecule has 13 heteroatoms. The summed E-state index contributed by atoms with van der Waals surface area (Å²) in [6, 6.07) is 13.4. The summed E-state index contributed by atoms with van der Waals surface area (Å²) in [5.74, 6) is 0.0746. The number of hydrogen-bond donors (Lipinski definition) is 1. The molecule has 0 radical (unpaired) electrons. The highest BCUT2D eigenvalue weighted by atomic mass is 35.5. The lowest BCUT2D eigenvalue weighted by Gasteiger charge is -2.34. The monoisotopic (exact) mass is 554 g/mol. The molecule has 9 nitrogen and oxygen atoms in total. The van der Waals surface area contributed by atoms with E-state index in [-0.39, 0.29) is 23.4 Å². The van der Waals surface area contributed by atoms with E-state index in [1.165, 1.54) is 22.9 Å². The van der Waals surface area contributed by atoms with E-state index in [0.29, 0.717) is 5.75 Å². The van der Waals surface area contributed by atoms with Crippen LogP contribution in [0.1, 0.15) is 43.9 Å². The summed E-state index contributed by atoms with van der Waals surface area (Å²) < 4.78 is 48.4. The number of benzene rings is 2. The number of aliphatic hydroxyl groups excluding tert-OH is 1. The Morgan fingerprint density at radius 1 is 1.13 bits per heavy atom. The summed E-state index contributed by atoms with van der Waals surface area (Å²) in [5.41, 5.74) is 1.96. The maximum absolute atomic E-state index is 12.4. The molecule has 0 aliphatic carbocycles. The molecule has 1 aromatic heterocycles. The number of hydrogen-bond acceptors (Lipinski definition) is 7. The van der Waals surface area contributed by atoms with E-state index in [9.17, 15) is 28.4 Å². The number of piperidine rings is 1. The maximum atomic E-state index is 12.4. The minimum Gasteiger partial charge on any atom is -0.470 e.